The highest BCUT2D eigenvalue weighted by molar-refractivity contribution is 5.71. The number of ether oxygens (including phenoxy) is 1. The maximum absolute atomic E-state index is 13.0. The normalized spacial score (nSPS) is 25.8. The quantitative estimate of drug-likeness (QED) is 0.758. The fraction of sp³-hybridized carbons (Fsp3) is 0.652. The predicted octanol–water partition coefficient (Wildman–Crippen LogP) is 3.58. The maximum atomic E-state index is 13.0. The van der Waals surface area contributed by atoms with Crippen molar-refractivity contribution in [2.75, 3.05) is 26.2 Å². The fourth-order valence-corrected chi connectivity index (χ4v) is 4.46. The lowest BCUT2D eigenvalue weighted by Crippen LogP contribution is -2.53. The van der Waals surface area contributed by atoms with Crippen LogP contribution in [0.15, 0.2) is 30.3 Å². The smallest absolute Gasteiger partial charge is 0.410 e. The zero-order chi connectivity index (χ0) is 20.8. The first-order valence-corrected chi connectivity index (χ1v) is 10.7. The third-order valence-electron chi connectivity index (χ3n) is 6.34. The van der Waals surface area contributed by atoms with E-state index in [2.05, 4.69) is 17.0 Å². The molecule has 0 spiro atoms. The topological polar surface area (TPSA) is 70.1 Å². The minimum Gasteiger partial charge on any atom is -0.481 e. The van der Waals surface area contributed by atoms with Crippen LogP contribution in [0.5, 0.6) is 0 Å². The van der Waals surface area contributed by atoms with Crippen molar-refractivity contribution in [1.82, 2.24) is 9.80 Å². The molecular weight excluding hydrogens is 368 g/mol. The van der Waals surface area contributed by atoms with Crippen LogP contribution >= 0.6 is 0 Å². The van der Waals surface area contributed by atoms with Crippen molar-refractivity contribution in [2.24, 2.45) is 11.3 Å². The van der Waals surface area contributed by atoms with E-state index in [1.165, 1.54) is 5.56 Å². The number of hydrogen-bond acceptors (Lipinski definition) is 4. The molecule has 1 amide bonds. The molecule has 3 fully saturated rings. The number of aliphatic carboxylic acids is 1. The molecule has 2 unspecified atom stereocenters. The van der Waals surface area contributed by atoms with Crippen LogP contribution in [0.2, 0.25) is 0 Å². The summed E-state index contributed by atoms with van der Waals surface area (Å²) in [7, 11) is 0. The number of amides is 1. The van der Waals surface area contributed by atoms with Crippen molar-refractivity contribution >= 4 is 12.1 Å². The summed E-state index contributed by atoms with van der Waals surface area (Å²) in [5.41, 5.74) is 0.850. The summed E-state index contributed by atoms with van der Waals surface area (Å²) >= 11 is 0. The fourth-order valence-electron chi connectivity index (χ4n) is 4.46. The number of benzene rings is 1. The van der Waals surface area contributed by atoms with Crippen LogP contribution < -0.4 is 0 Å². The molecule has 1 aromatic rings. The molecule has 3 aliphatic rings. The van der Waals surface area contributed by atoms with Crippen LogP contribution in [0.25, 0.3) is 0 Å². The summed E-state index contributed by atoms with van der Waals surface area (Å²) in [6.07, 6.45) is 2.93. The number of carboxylic acids is 1. The van der Waals surface area contributed by atoms with E-state index in [0.717, 1.165) is 25.8 Å². The summed E-state index contributed by atoms with van der Waals surface area (Å²) < 4.78 is 5.75. The Labute approximate surface area is 172 Å². The van der Waals surface area contributed by atoms with E-state index in [1.807, 2.05) is 43.9 Å². The molecule has 0 aromatic heterocycles. The average Bonchev–Trinajstić information content (AvgIpc) is 3.50. The van der Waals surface area contributed by atoms with Gasteiger partial charge in [0, 0.05) is 43.6 Å². The Morgan fingerprint density at radius 1 is 1.21 bits per heavy atom. The van der Waals surface area contributed by atoms with Crippen molar-refractivity contribution in [2.45, 2.75) is 57.6 Å². The molecule has 6 heteroatoms. The largest absolute Gasteiger partial charge is 0.481 e. The number of carbonyl (C=O) groups is 2. The molecule has 0 radical (unpaired) electrons. The van der Waals surface area contributed by atoms with Gasteiger partial charge in [0.25, 0.3) is 0 Å². The Balaban J connectivity index is 1.42. The average molecular weight is 401 g/mol. The number of carbonyl (C=O) groups excluding carboxylic acids is 1. The molecule has 1 aromatic carbocycles. The highest BCUT2D eigenvalue weighted by Crippen LogP contribution is 2.52. The van der Waals surface area contributed by atoms with Crippen LogP contribution in [0, 0.1) is 11.3 Å². The van der Waals surface area contributed by atoms with Gasteiger partial charge < -0.3 is 19.6 Å². The van der Waals surface area contributed by atoms with E-state index in [-0.39, 0.29) is 23.5 Å². The Morgan fingerprint density at radius 3 is 2.41 bits per heavy atom. The monoisotopic (exact) mass is 400 g/mol. The standard InChI is InChI=1S/C23H32N2O4/c1-22(2,3)29-21(28)25(19-11-18(19)16-7-5-4-6-8-16)15-23(9-10-23)14-24-12-17(13-24)20(26)27/h4-8,17-19H,9-15H2,1-3H3,(H,26,27). The number of rotatable bonds is 7. The molecule has 1 heterocycles. The van der Waals surface area contributed by atoms with Gasteiger partial charge in [0.2, 0.25) is 0 Å². The minimum absolute atomic E-state index is 0.0875. The van der Waals surface area contributed by atoms with Crippen LogP contribution in [-0.2, 0) is 9.53 Å². The first-order chi connectivity index (χ1) is 13.7. The molecule has 6 nitrogen and oxygen atoms in total. The summed E-state index contributed by atoms with van der Waals surface area (Å²) in [5.74, 6) is -0.566. The third kappa shape index (κ3) is 4.74. The van der Waals surface area contributed by atoms with E-state index in [9.17, 15) is 9.59 Å². The van der Waals surface area contributed by atoms with E-state index in [0.29, 0.717) is 25.6 Å². The molecule has 158 valence electrons. The van der Waals surface area contributed by atoms with E-state index in [4.69, 9.17) is 9.84 Å². The maximum Gasteiger partial charge on any atom is 0.410 e. The number of likely N-dealkylation sites (tertiary alicyclic amines) is 1. The Bertz CT molecular complexity index is 763. The number of nitrogens with zero attached hydrogens (tertiary/aromatic N) is 2. The van der Waals surface area contributed by atoms with Crippen molar-refractivity contribution in [1.29, 1.82) is 0 Å². The Hall–Kier alpha value is -2.08. The molecule has 2 aliphatic carbocycles. The summed E-state index contributed by atoms with van der Waals surface area (Å²) in [6.45, 7) is 8.54. The molecule has 1 saturated heterocycles. The molecule has 4 rings (SSSR count). The van der Waals surface area contributed by atoms with Gasteiger partial charge in [-0.25, -0.2) is 4.79 Å². The lowest BCUT2D eigenvalue weighted by atomic mass is 9.96. The van der Waals surface area contributed by atoms with Crippen molar-refractivity contribution in [3.63, 3.8) is 0 Å². The zero-order valence-corrected chi connectivity index (χ0v) is 17.6. The van der Waals surface area contributed by atoms with Crippen molar-refractivity contribution < 1.29 is 19.4 Å². The van der Waals surface area contributed by atoms with Gasteiger partial charge >= 0.3 is 12.1 Å². The van der Waals surface area contributed by atoms with Crippen LogP contribution in [0.3, 0.4) is 0 Å². The van der Waals surface area contributed by atoms with Gasteiger partial charge in [0.15, 0.2) is 0 Å². The predicted molar refractivity (Wildman–Crippen MR) is 110 cm³/mol. The first-order valence-electron chi connectivity index (χ1n) is 10.7. The lowest BCUT2D eigenvalue weighted by Gasteiger charge is -2.40. The van der Waals surface area contributed by atoms with Crippen LogP contribution in [0.4, 0.5) is 4.79 Å². The first kappa shape index (κ1) is 20.2. The SMILES string of the molecule is CC(C)(C)OC(=O)N(CC1(CN2CC(C(=O)O)C2)CC1)C1CC1c1ccccc1. The van der Waals surface area contributed by atoms with Crippen molar-refractivity contribution in [3.05, 3.63) is 35.9 Å². The minimum atomic E-state index is -0.704. The molecular formula is C23H32N2O4. The van der Waals surface area contributed by atoms with Gasteiger partial charge in [-0.1, -0.05) is 30.3 Å². The molecule has 2 atom stereocenters. The number of hydrogen-bond donors (Lipinski definition) is 1. The summed E-state index contributed by atoms with van der Waals surface area (Å²) in [4.78, 5) is 28.3. The Morgan fingerprint density at radius 2 is 1.86 bits per heavy atom. The highest BCUT2D eigenvalue weighted by Gasteiger charge is 2.53. The number of carboxylic acid groups (broad SMARTS) is 1. The lowest BCUT2D eigenvalue weighted by molar-refractivity contribution is -0.147. The third-order valence-corrected chi connectivity index (χ3v) is 6.34. The molecule has 0 bridgehead atoms. The second kappa shape index (κ2) is 7.31. The molecule has 1 aliphatic heterocycles. The highest BCUT2D eigenvalue weighted by atomic mass is 16.6. The van der Waals surface area contributed by atoms with Gasteiger partial charge in [0.05, 0.1) is 5.92 Å². The Kier molecular flexibility index (Phi) is 5.09. The van der Waals surface area contributed by atoms with E-state index in [1.54, 1.807) is 0 Å². The van der Waals surface area contributed by atoms with Crippen molar-refractivity contribution in [3.8, 4) is 0 Å². The zero-order valence-electron chi connectivity index (χ0n) is 17.6. The van der Waals surface area contributed by atoms with E-state index >= 15 is 0 Å². The van der Waals surface area contributed by atoms with Gasteiger partial charge in [-0.15, -0.1) is 0 Å². The molecule has 2 saturated carbocycles. The van der Waals surface area contributed by atoms with E-state index < -0.39 is 11.6 Å². The van der Waals surface area contributed by atoms with Gasteiger partial charge in [-0.2, -0.15) is 0 Å². The summed E-state index contributed by atoms with van der Waals surface area (Å²) in [5, 5.41) is 9.11. The van der Waals surface area contributed by atoms with Crippen LogP contribution in [0.1, 0.15) is 51.5 Å². The second-order valence-electron chi connectivity index (χ2n) is 10.2. The van der Waals surface area contributed by atoms with Gasteiger partial charge in [0.1, 0.15) is 5.60 Å². The molecule has 29 heavy (non-hydrogen) atoms. The summed E-state index contributed by atoms with van der Waals surface area (Å²) in [6, 6.07) is 10.6. The molecule has 1 N–H and O–H groups in total. The van der Waals surface area contributed by atoms with Gasteiger partial charge in [-0.05, 0) is 45.6 Å². The van der Waals surface area contributed by atoms with Gasteiger partial charge in [-0.3, -0.25) is 4.79 Å². The van der Waals surface area contributed by atoms with Crippen LogP contribution in [-0.4, -0.2) is 64.8 Å². The second-order valence-corrected chi connectivity index (χ2v) is 10.2.